The van der Waals surface area contributed by atoms with Crippen LogP contribution in [0.15, 0.2) is 52.2 Å². The maximum Gasteiger partial charge on any atom is 0.241 e. The fraction of sp³-hybridized carbons (Fsp3) is 0.0625. The average molecular weight is 424 g/mol. The van der Waals surface area contributed by atoms with Gasteiger partial charge in [0, 0.05) is 22.8 Å². The van der Waals surface area contributed by atoms with Crippen LogP contribution in [-0.2, 0) is 11.3 Å². The van der Waals surface area contributed by atoms with Crippen molar-refractivity contribution in [2.24, 2.45) is 4.99 Å². The molecule has 0 unspecified atom stereocenters. The van der Waals surface area contributed by atoms with Crippen LogP contribution in [-0.4, -0.2) is 20.7 Å². The van der Waals surface area contributed by atoms with E-state index in [-0.39, 0.29) is 0 Å². The number of hydrogen-bond donors (Lipinski definition) is 0. The van der Waals surface area contributed by atoms with Crippen molar-refractivity contribution in [2.75, 3.05) is 0 Å². The SMILES string of the molecule is Clc1ccc2c(c1)COC(c1cc(Br)nn1-c1ncccc1Cl)=N2. The summed E-state index contributed by atoms with van der Waals surface area (Å²) in [5, 5.41) is 5.53. The van der Waals surface area contributed by atoms with Crippen molar-refractivity contribution in [1.29, 1.82) is 0 Å². The molecule has 2 aromatic heterocycles. The summed E-state index contributed by atoms with van der Waals surface area (Å²) in [6.45, 7) is 0.382. The van der Waals surface area contributed by atoms with E-state index in [1.54, 1.807) is 29.1 Å². The third kappa shape index (κ3) is 2.81. The van der Waals surface area contributed by atoms with E-state index in [0.29, 0.717) is 38.7 Å². The third-order valence-corrected chi connectivity index (χ3v) is 4.38. The van der Waals surface area contributed by atoms with Gasteiger partial charge in [-0.1, -0.05) is 23.2 Å². The Bertz CT molecular complexity index is 970. The number of hydrogen-bond acceptors (Lipinski definition) is 4. The Morgan fingerprint density at radius 1 is 1.17 bits per heavy atom. The zero-order chi connectivity index (χ0) is 16.7. The van der Waals surface area contributed by atoms with Crippen LogP contribution in [0.4, 0.5) is 5.69 Å². The molecule has 0 saturated carbocycles. The lowest BCUT2D eigenvalue weighted by molar-refractivity contribution is 0.286. The number of halogens is 3. The first-order chi connectivity index (χ1) is 11.6. The van der Waals surface area contributed by atoms with E-state index in [4.69, 9.17) is 27.9 Å². The number of fused-ring (bicyclic) bond motifs is 1. The van der Waals surface area contributed by atoms with E-state index >= 15 is 0 Å². The summed E-state index contributed by atoms with van der Waals surface area (Å²) < 4.78 is 8.03. The van der Waals surface area contributed by atoms with Gasteiger partial charge in [0.05, 0.1) is 10.7 Å². The number of nitrogens with zero attached hydrogens (tertiary/aromatic N) is 4. The Hall–Kier alpha value is -1.89. The summed E-state index contributed by atoms with van der Waals surface area (Å²) in [5.74, 6) is 0.956. The van der Waals surface area contributed by atoms with Gasteiger partial charge in [-0.2, -0.15) is 5.10 Å². The molecule has 4 rings (SSSR count). The zero-order valence-corrected chi connectivity index (χ0v) is 15.2. The number of ether oxygens (including phenoxy) is 1. The maximum atomic E-state index is 6.24. The van der Waals surface area contributed by atoms with Crippen molar-refractivity contribution in [2.45, 2.75) is 6.61 Å². The van der Waals surface area contributed by atoms with Gasteiger partial charge < -0.3 is 4.74 Å². The molecular formula is C16H9BrCl2N4O. The molecule has 0 aliphatic carbocycles. The fourth-order valence-corrected chi connectivity index (χ4v) is 3.17. The van der Waals surface area contributed by atoms with Gasteiger partial charge in [-0.05, 0) is 46.3 Å². The van der Waals surface area contributed by atoms with E-state index in [9.17, 15) is 0 Å². The van der Waals surface area contributed by atoms with Crippen molar-refractivity contribution >= 4 is 50.7 Å². The molecule has 8 heteroatoms. The molecule has 0 fully saturated rings. The van der Waals surface area contributed by atoms with E-state index in [1.807, 2.05) is 18.2 Å². The molecule has 1 aliphatic rings. The van der Waals surface area contributed by atoms with Crippen molar-refractivity contribution in [1.82, 2.24) is 14.8 Å². The fourth-order valence-electron chi connectivity index (χ4n) is 2.40. The smallest absolute Gasteiger partial charge is 0.241 e. The lowest BCUT2D eigenvalue weighted by Crippen LogP contribution is -2.16. The van der Waals surface area contributed by atoms with Crippen LogP contribution in [0, 0.1) is 0 Å². The molecule has 0 N–H and O–H groups in total. The minimum Gasteiger partial charge on any atom is -0.471 e. The van der Waals surface area contributed by atoms with Gasteiger partial charge in [-0.15, -0.1) is 0 Å². The molecule has 24 heavy (non-hydrogen) atoms. The Labute approximate surface area is 156 Å². The van der Waals surface area contributed by atoms with Gasteiger partial charge in [0.25, 0.3) is 0 Å². The van der Waals surface area contributed by atoms with Crippen molar-refractivity contribution in [3.63, 3.8) is 0 Å². The van der Waals surface area contributed by atoms with Crippen molar-refractivity contribution in [3.05, 3.63) is 68.5 Å². The van der Waals surface area contributed by atoms with E-state index < -0.39 is 0 Å². The molecule has 0 radical (unpaired) electrons. The van der Waals surface area contributed by atoms with Crippen molar-refractivity contribution < 1.29 is 4.74 Å². The van der Waals surface area contributed by atoms with Crippen LogP contribution in [0.25, 0.3) is 5.82 Å². The maximum absolute atomic E-state index is 6.24. The number of aromatic nitrogens is 3. The molecule has 1 aliphatic heterocycles. The highest BCUT2D eigenvalue weighted by molar-refractivity contribution is 9.10. The average Bonchev–Trinajstić information content (AvgIpc) is 2.96. The Morgan fingerprint density at radius 3 is 2.88 bits per heavy atom. The van der Waals surface area contributed by atoms with Crippen LogP contribution in [0.2, 0.25) is 10.0 Å². The molecule has 5 nitrogen and oxygen atoms in total. The first-order valence-electron chi connectivity index (χ1n) is 6.98. The van der Waals surface area contributed by atoms with Crippen LogP contribution >= 0.6 is 39.1 Å². The van der Waals surface area contributed by atoms with Crippen molar-refractivity contribution in [3.8, 4) is 5.82 Å². The predicted octanol–water partition coefficient (Wildman–Crippen LogP) is 4.95. The normalized spacial score (nSPS) is 13.2. The van der Waals surface area contributed by atoms with Crippen LogP contribution in [0.3, 0.4) is 0 Å². The molecule has 0 bridgehead atoms. The molecule has 0 amide bonds. The topological polar surface area (TPSA) is 52.3 Å². The van der Waals surface area contributed by atoms with Gasteiger partial charge in [0.1, 0.15) is 16.9 Å². The summed E-state index contributed by atoms with van der Waals surface area (Å²) in [6.07, 6.45) is 1.65. The first kappa shape index (κ1) is 15.6. The van der Waals surface area contributed by atoms with Crippen LogP contribution in [0.5, 0.6) is 0 Å². The van der Waals surface area contributed by atoms with Gasteiger partial charge >= 0.3 is 0 Å². The standard InChI is InChI=1S/C16H9BrCl2N4O/c17-14-7-13(23(22-14)15-11(19)2-1-5-20-15)16-21-12-4-3-10(18)6-9(12)8-24-16/h1-7H,8H2. The summed E-state index contributed by atoms with van der Waals surface area (Å²) >= 11 is 15.6. The minimum absolute atomic E-state index is 0.382. The highest BCUT2D eigenvalue weighted by Gasteiger charge is 2.22. The van der Waals surface area contributed by atoms with Gasteiger partial charge in [0.15, 0.2) is 5.82 Å². The number of benzene rings is 1. The molecule has 3 heterocycles. The van der Waals surface area contributed by atoms with Gasteiger partial charge in [-0.3, -0.25) is 0 Å². The molecule has 0 atom stereocenters. The predicted molar refractivity (Wildman–Crippen MR) is 96.5 cm³/mol. The summed E-state index contributed by atoms with van der Waals surface area (Å²) in [4.78, 5) is 8.86. The lowest BCUT2D eigenvalue weighted by Gasteiger charge is -2.17. The highest BCUT2D eigenvalue weighted by Crippen LogP contribution is 2.30. The lowest BCUT2D eigenvalue weighted by atomic mass is 10.2. The van der Waals surface area contributed by atoms with Gasteiger partial charge in [-0.25, -0.2) is 14.7 Å². The van der Waals surface area contributed by atoms with E-state index in [2.05, 4.69) is 31.0 Å². The summed E-state index contributed by atoms with van der Waals surface area (Å²) in [6, 6.07) is 10.8. The van der Waals surface area contributed by atoms with Crippen LogP contribution < -0.4 is 0 Å². The second-order valence-corrected chi connectivity index (χ2v) is 6.71. The molecule has 0 saturated heterocycles. The summed E-state index contributed by atoms with van der Waals surface area (Å²) in [5.41, 5.74) is 2.41. The number of aliphatic imine (C=N–C) groups is 1. The van der Waals surface area contributed by atoms with Crippen LogP contribution in [0.1, 0.15) is 11.3 Å². The number of rotatable bonds is 2. The second kappa shape index (κ2) is 6.20. The first-order valence-corrected chi connectivity index (χ1v) is 8.53. The second-order valence-electron chi connectivity index (χ2n) is 5.05. The molecule has 3 aromatic rings. The Balaban J connectivity index is 1.84. The minimum atomic E-state index is 0.382. The Kier molecular flexibility index (Phi) is 4.04. The highest BCUT2D eigenvalue weighted by atomic mass is 79.9. The zero-order valence-electron chi connectivity index (χ0n) is 12.1. The quantitative estimate of drug-likeness (QED) is 0.586. The third-order valence-electron chi connectivity index (χ3n) is 3.47. The largest absolute Gasteiger partial charge is 0.471 e. The molecule has 120 valence electrons. The molecule has 1 aromatic carbocycles. The van der Waals surface area contributed by atoms with E-state index in [1.165, 1.54) is 0 Å². The van der Waals surface area contributed by atoms with Gasteiger partial charge in [0.2, 0.25) is 5.90 Å². The summed E-state index contributed by atoms with van der Waals surface area (Å²) in [7, 11) is 0. The van der Waals surface area contributed by atoms with E-state index in [0.717, 1.165) is 11.3 Å². The molecular weight excluding hydrogens is 415 g/mol. The monoisotopic (exact) mass is 422 g/mol. The molecule has 0 spiro atoms. The number of pyridine rings is 1. The Morgan fingerprint density at radius 2 is 2.04 bits per heavy atom.